The van der Waals surface area contributed by atoms with E-state index in [1.54, 1.807) is 4.90 Å². The van der Waals surface area contributed by atoms with E-state index in [-0.39, 0.29) is 24.1 Å². The van der Waals surface area contributed by atoms with Crippen molar-refractivity contribution in [2.45, 2.75) is 26.5 Å². The highest BCUT2D eigenvalue weighted by Crippen LogP contribution is 2.17. The summed E-state index contributed by atoms with van der Waals surface area (Å²) in [7, 11) is 0. The molecule has 1 saturated heterocycles. The van der Waals surface area contributed by atoms with Crippen molar-refractivity contribution in [1.82, 2.24) is 9.88 Å². The van der Waals surface area contributed by atoms with Crippen LogP contribution in [0.15, 0.2) is 53.3 Å². The van der Waals surface area contributed by atoms with Crippen molar-refractivity contribution >= 4 is 16.8 Å². The molecule has 1 atom stereocenters. The Kier molecular flexibility index (Phi) is 5.97. The molecule has 1 aliphatic rings. The Morgan fingerprint density at radius 3 is 2.57 bits per heavy atom. The summed E-state index contributed by atoms with van der Waals surface area (Å²) in [5.41, 5.74) is 3.93. The molecule has 2 aromatic carbocycles. The number of benzene rings is 2. The first-order valence-electron chi connectivity index (χ1n) is 10.2. The predicted molar refractivity (Wildman–Crippen MR) is 116 cm³/mol. The number of hydrogen-bond donors (Lipinski definition) is 1. The van der Waals surface area contributed by atoms with Crippen LogP contribution in [0.2, 0.25) is 0 Å². The number of amides is 1. The van der Waals surface area contributed by atoms with E-state index >= 15 is 0 Å². The van der Waals surface area contributed by atoms with Crippen LogP contribution < -0.4 is 5.56 Å². The van der Waals surface area contributed by atoms with Crippen LogP contribution in [0.25, 0.3) is 10.9 Å². The van der Waals surface area contributed by atoms with Gasteiger partial charge >= 0.3 is 0 Å². The van der Waals surface area contributed by atoms with Crippen LogP contribution >= 0.6 is 0 Å². The first-order valence-corrected chi connectivity index (χ1v) is 10.2. The largest absolute Gasteiger partial charge is 0.376 e. The molecule has 0 bridgehead atoms. The Balaban J connectivity index is 1.65. The van der Waals surface area contributed by atoms with Gasteiger partial charge < -0.3 is 19.4 Å². The topological polar surface area (TPSA) is 71.6 Å². The van der Waals surface area contributed by atoms with Crippen molar-refractivity contribution in [2.24, 2.45) is 0 Å². The van der Waals surface area contributed by atoms with E-state index in [2.05, 4.69) is 4.98 Å². The van der Waals surface area contributed by atoms with Crippen LogP contribution in [0.1, 0.15) is 27.0 Å². The number of aromatic amines is 1. The number of hydrogen-bond acceptors (Lipinski definition) is 4. The van der Waals surface area contributed by atoms with Gasteiger partial charge in [-0.25, -0.2) is 0 Å². The molecular formula is C24H26N2O4. The zero-order valence-electron chi connectivity index (χ0n) is 17.3. The van der Waals surface area contributed by atoms with Gasteiger partial charge in [0.15, 0.2) is 0 Å². The van der Waals surface area contributed by atoms with Gasteiger partial charge in [0, 0.05) is 23.2 Å². The summed E-state index contributed by atoms with van der Waals surface area (Å²) in [5.74, 6) is -0.132. The van der Waals surface area contributed by atoms with Crippen molar-refractivity contribution in [2.75, 3.05) is 26.4 Å². The van der Waals surface area contributed by atoms with Crippen molar-refractivity contribution < 1.29 is 14.3 Å². The molecule has 1 amide bonds. The van der Waals surface area contributed by atoms with E-state index in [1.165, 1.54) is 0 Å². The summed E-state index contributed by atoms with van der Waals surface area (Å²) >= 11 is 0. The summed E-state index contributed by atoms with van der Waals surface area (Å²) < 4.78 is 11.3. The third-order valence-corrected chi connectivity index (χ3v) is 5.33. The molecule has 30 heavy (non-hydrogen) atoms. The number of nitrogens with zero attached hydrogens (tertiary/aromatic N) is 1. The molecule has 6 nitrogen and oxygen atoms in total. The monoisotopic (exact) mass is 406 g/mol. The second-order valence-electron chi connectivity index (χ2n) is 7.83. The molecule has 0 aliphatic carbocycles. The van der Waals surface area contributed by atoms with Gasteiger partial charge in [-0.3, -0.25) is 9.59 Å². The van der Waals surface area contributed by atoms with Gasteiger partial charge in [-0.2, -0.15) is 0 Å². The highest BCUT2D eigenvalue weighted by molar-refractivity contribution is 5.94. The van der Waals surface area contributed by atoms with Crippen LogP contribution in [0, 0.1) is 13.8 Å². The van der Waals surface area contributed by atoms with Gasteiger partial charge in [-0.1, -0.05) is 29.3 Å². The smallest absolute Gasteiger partial charge is 0.254 e. The minimum atomic E-state index is -0.213. The Bertz CT molecular complexity index is 1100. The minimum absolute atomic E-state index is 0.132. The lowest BCUT2D eigenvalue weighted by molar-refractivity contribution is -0.0953. The number of fused-ring (bicyclic) bond motifs is 1. The number of aromatic nitrogens is 1. The molecule has 2 heterocycles. The van der Waals surface area contributed by atoms with Crippen LogP contribution in [-0.4, -0.2) is 48.3 Å². The Hall–Kier alpha value is -2.96. The summed E-state index contributed by atoms with van der Waals surface area (Å²) in [6, 6.07) is 15.2. The van der Waals surface area contributed by atoms with E-state index in [1.807, 2.05) is 62.4 Å². The molecule has 156 valence electrons. The van der Waals surface area contributed by atoms with Gasteiger partial charge in [-0.15, -0.1) is 0 Å². The maximum Gasteiger partial charge on any atom is 0.254 e. The second kappa shape index (κ2) is 8.81. The van der Waals surface area contributed by atoms with Crippen molar-refractivity contribution in [3.05, 3.63) is 81.1 Å². The lowest BCUT2D eigenvalue weighted by Crippen LogP contribution is -2.43. The first kappa shape index (κ1) is 20.3. The number of rotatable bonds is 5. The third-order valence-electron chi connectivity index (χ3n) is 5.33. The fourth-order valence-electron chi connectivity index (χ4n) is 3.68. The van der Waals surface area contributed by atoms with Crippen LogP contribution in [0.3, 0.4) is 0 Å². The number of carbonyl (C=O) groups excluding carboxylic acids is 1. The maximum atomic E-state index is 13.3. The molecule has 3 aromatic rings. The summed E-state index contributed by atoms with van der Waals surface area (Å²) in [4.78, 5) is 30.6. The van der Waals surface area contributed by atoms with E-state index in [4.69, 9.17) is 9.47 Å². The Labute approximate surface area is 175 Å². The highest BCUT2D eigenvalue weighted by atomic mass is 16.6. The Morgan fingerprint density at radius 2 is 1.83 bits per heavy atom. The number of H-pyrrole nitrogens is 1. The summed E-state index contributed by atoms with van der Waals surface area (Å²) in [6.07, 6.45) is -0.213. The molecule has 4 rings (SSSR count). The SMILES string of the molecule is Cc1ccc(C(=O)N(Cc2cc3cc(C)ccc3[nH]c2=O)C[C@@H]2COCCO2)cc1. The third kappa shape index (κ3) is 4.61. The quantitative estimate of drug-likeness (QED) is 0.706. The second-order valence-corrected chi connectivity index (χ2v) is 7.83. The lowest BCUT2D eigenvalue weighted by Gasteiger charge is -2.30. The van der Waals surface area contributed by atoms with Gasteiger partial charge in [0.1, 0.15) is 0 Å². The minimum Gasteiger partial charge on any atom is -0.376 e. The zero-order chi connectivity index (χ0) is 21.1. The van der Waals surface area contributed by atoms with Crippen molar-refractivity contribution in [3.8, 4) is 0 Å². The van der Waals surface area contributed by atoms with Gasteiger partial charge in [-0.05, 0) is 49.6 Å². The highest BCUT2D eigenvalue weighted by Gasteiger charge is 2.24. The van der Waals surface area contributed by atoms with E-state index in [0.29, 0.717) is 37.5 Å². The van der Waals surface area contributed by atoms with E-state index in [9.17, 15) is 9.59 Å². The number of nitrogens with one attached hydrogen (secondary N) is 1. The number of carbonyl (C=O) groups is 1. The molecular weight excluding hydrogens is 380 g/mol. The first-order chi connectivity index (χ1) is 14.5. The molecule has 0 unspecified atom stereocenters. The van der Waals surface area contributed by atoms with E-state index < -0.39 is 0 Å². The van der Waals surface area contributed by atoms with Gasteiger partial charge in [0.25, 0.3) is 11.5 Å². The van der Waals surface area contributed by atoms with Crippen LogP contribution in [0.5, 0.6) is 0 Å². The van der Waals surface area contributed by atoms with Gasteiger partial charge in [0.05, 0.1) is 32.5 Å². The summed E-state index contributed by atoms with van der Waals surface area (Å²) in [5, 5.41) is 0.949. The fourth-order valence-corrected chi connectivity index (χ4v) is 3.68. The molecule has 0 radical (unpaired) electrons. The molecule has 0 saturated carbocycles. The molecule has 1 aliphatic heterocycles. The fraction of sp³-hybridized carbons (Fsp3) is 0.333. The molecule has 1 fully saturated rings. The normalized spacial score (nSPS) is 16.5. The average Bonchev–Trinajstić information content (AvgIpc) is 2.75. The van der Waals surface area contributed by atoms with Crippen LogP contribution in [-0.2, 0) is 16.0 Å². The number of pyridine rings is 1. The molecule has 1 N–H and O–H groups in total. The van der Waals surface area contributed by atoms with E-state index in [0.717, 1.165) is 22.0 Å². The molecule has 1 aromatic heterocycles. The van der Waals surface area contributed by atoms with Crippen molar-refractivity contribution in [1.29, 1.82) is 0 Å². The van der Waals surface area contributed by atoms with Crippen molar-refractivity contribution in [3.63, 3.8) is 0 Å². The lowest BCUT2D eigenvalue weighted by atomic mass is 10.1. The number of aryl methyl sites for hydroxylation is 2. The van der Waals surface area contributed by atoms with Crippen LogP contribution in [0.4, 0.5) is 0 Å². The summed E-state index contributed by atoms with van der Waals surface area (Å²) in [6.45, 7) is 6.06. The number of ether oxygens (including phenoxy) is 2. The van der Waals surface area contributed by atoms with Gasteiger partial charge in [0.2, 0.25) is 0 Å². The maximum absolute atomic E-state index is 13.3. The standard InChI is InChI=1S/C24H26N2O4/c1-16-3-6-18(7-4-16)24(28)26(14-21-15-29-9-10-30-21)13-20-12-19-11-17(2)5-8-22(19)25-23(20)27/h3-8,11-12,21H,9-10,13-15H2,1-2H3,(H,25,27)/t21-/m1/s1. The predicted octanol–water partition coefficient (Wildman–Crippen LogP) is 3.20. The molecule has 6 heteroatoms. The average molecular weight is 406 g/mol. The molecule has 0 spiro atoms. The Morgan fingerprint density at radius 1 is 1.07 bits per heavy atom. The zero-order valence-corrected chi connectivity index (χ0v) is 17.3.